The fourth-order valence-electron chi connectivity index (χ4n) is 4.58. The molecule has 5 heteroatoms. The number of quaternary nitrogens is 1. The van der Waals surface area contributed by atoms with Crippen molar-refractivity contribution in [3.05, 3.63) is 53.6 Å². The van der Waals surface area contributed by atoms with Gasteiger partial charge in [0.05, 0.1) is 38.3 Å². The predicted octanol–water partition coefficient (Wildman–Crippen LogP) is 1.70. The molecule has 0 aliphatic heterocycles. The van der Waals surface area contributed by atoms with Gasteiger partial charge in [-0.05, 0) is 24.1 Å². The predicted molar refractivity (Wildman–Crippen MR) is 97.3 cm³/mol. The normalized spacial score (nSPS) is 28.1. The number of nitrogens with two attached hydrogens (primary N) is 1. The molecule has 5 nitrogen and oxygen atoms in total. The third kappa shape index (κ3) is 2.98. The van der Waals surface area contributed by atoms with E-state index in [1.165, 1.54) is 0 Å². The van der Waals surface area contributed by atoms with E-state index in [-0.39, 0.29) is 23.1 Å². The molecule has 4 N–H and O–H groups in total. The molecule has 0 fully saturated rings. The number of aromatic hydroxyl groups is 1. The van der Waals surface area contributed by atoms with Gasteiger partial charge in [0.2, 0.25) is 0 Å². The average molecular weight is 343 g/mol. The highest BCUT2D eigenvalue weighted by Gasteiger charge is 2.46. The first-order chi connectivity index (χ1) is 11.8. The summed E-state index contributed by atoms with van der Waals surface area (Å²) in [6, 6.07) is 3.81. The van der Waals surface area contributed by atoms with Crippen molar-refractivity contribution in [3.8, 4) is 5.75 Å². The summed E-state index contributed by atoms with van der Waals surface area (Å²) in [4.78, 5) is 11.6. The highest BCUT2D eigenvalue weighted by atomic mass is 16.3. The Bertz CT molecular complexity index is 739. The van der Waals surface area contributed by atoms with Crippen LogP contribution in [0.25, 0.3) is 0 Å². The van der Waals surface area contributed by atoms with Gasteiger partial charge < -0.3 is 20.4 Å². The molecule has 2 aliphatic carbocycles. The highest BCUT2D eigenvalue weighted by Crippen LogP contribution is 2.49. The van der Waals surface area contributed by atoms with Gasteiger partial charge in [-0.1, -0.05) is 24.8 Å². The summed E-state index contributed by atoms with van der Waals surface area (Å²) in [6.07, 6.45) is 6.64. The number of fused-ring (bicyclic) bond motifs is 3. The molecule has 2 aliphatic rings. The Morgan fingerprint density at radius 2 is 2.12 bits per heavy atom. The highest BCUT2D eigenvalue weighted by molar-refractivity contribution is 5.96. The van der Waals surface area contributed by atoms with Crippen LogP contribution in [0, 0.1) is 5.92 Å². The summed E-state index contributed by atoms with van der Waals surface area (Å²) in [5.74, 6) is -0.501. The maximum Gasteiger partial charge on any atom is 0.252 e. The van der Waals surface area contributed by atoms with Crippen molar-refractivity contribution in [1.29, 1.82) is 0 Å². The largest absolute Gasteiger partial charge is 0.507 e. The van der Waals surface area contributed by atoms with E-state index in [2.05, 4.69) is 26.8 Å². The maximum atomic E-state index is 11.6. The van der Waals surface area contributed by atoms with Crippen LogP contribution < -0.4 is 5.73 Å². The summed E-state index contributed by atoms with van der Waals surface area (Å²) < 4.78 is 0.781. The molecule has 134 valence electrons. The lowest BCUT2D eigenvalue weighted by molar-refractivity contribution is -0.913. The Morgan fingerprint density at radius 3 is 2.76 bits per heavy atom. The van der Waals surface area contributed by atoms with E-state index in [1.807, 2.05) is 18.2 Å². The Labute approximate surface area is 148 Å². The minimum atomic E-state index is -0.631. The first kappa shape index (κ1) is 17.7. The summed E-state index contributed by atoms with van der Waals surface area (Å²) in [6.45, 7) is 4.72. The zero-order chi connectivity index (χ0) is 18.4. The number of phenols is 1. The van der Waals surface area contributed by atoms with E-state index >= 15 is 0 Å². The Morgan fingerprint density at radius 1 is 1.40 bits per heavy atom. The van der Waals surface area contributed by atoms with E-state index in [9.17, 15) is 15.0 Å². The van der Waals surface area contributed by atoms with Crippen LogP contribution >= 0.6 is 0 Å². The van der Waals surface area contributed by atoms with E-state index in [0.717, 1.165) is 28.6 Å². The first-order valence-corrected chi connectivity index (χ1v) is 8.70. The van der Waals surface area contributed by atoms with Crippen LogP contribution in [0.2, 0.25) is 0 Å². The van der Waals surface area contributed by atoms with Crippen molar-refractivity contribution in [2.75, 3.05) is 20.6 Å². The third-order valence-corrected chi connectivity index (χ3v) is 5.83. The van der Waals surface area contributed by atoms with Gasteiger partial charge in [-0.2, -0.15) is 0 Å². The number of hydrogen-bond donors (Lipinski definition) is 3. The van der Waals surface area contributed by atoms with E-state index in [4.69, 9.17) is 5.73 Å². The summed E-state index contributed by atoms with van der Waals surface area (Å²) in [5.41, 5.74) is 7.37. The van der Waals surface area contributed by atoms with Crippen LogP contribution in [0.4, 0.5) is 0 Å². The van der Waals surface area contributed by atoms with Gasteiger partial charge in [0.15, 0.2) is 0 Å². The summed E-state index contributed by atoms with van der Waals surface area (Å²) >= 11 is 0. The number of aliphatic hydroxyl groups excluding tert-OH is 1. The molecule has 3 rings (SSSR count). The number of likely N-dealkylation sites (N-methyl/N-ethyl adjacent to an activating group) is 1. The zero-order valence-electron chi connectivity index (χ0n) is 14.9. The molecular formula is C20H27N2O3+. The lowest BCUT2D eigenvalue weighted by Crippen LogP contribution is -2.56. The van der Waals surface area contributed by atoms with Gasteiger partial charge in [-0.15, -0.1) is 0 Å². The van der Waals surface area contributed by atoms with Crippen LogP contribution in [-0.4, -0.2) is 53.4 Å². The zero-order valence-corrected chi connectivity index (χ0v) is 14.9. The molecule has 0 aromatic heterocycles. The molecule has 0 saturated carbocycles. The topological polar surface area (TPSA) is 83.6 Å². The average Bonchev–Trinajstić information content (AvgIpc) is 2.53. The molecule has 0 bridgehead atoms. The minimum Gasteiger partial charge on any atom is -0.507 e. The van der Waals surface area contributed by atoms with Gasteiger partial charge in [0, 0.05) is 23.8 Å². The van der Waals surface area contributed by atoms with E-state index in [0.29, 0.717) is 12.5 Å². The van der Waals surface area contributed by atoms with Gasteiger partial charge in [-0.3, -0.25) is 4.79 Å². The van der Waals surface area contributed by atoms with Crippen molar-refractivity contribution in [3.63, 3.8) is 0 Å². The summed E-state index contributed by atoms with van der Waals surface area (Å²) in [7, 11) is 4.37. The van der Waals surface area contributed by atoms with Gasteiger partial charge in [0.1, 0.15) is 5.75 Å². The quantitative estimate of drug-likeness (QED) is 0.575. The van der Waals surface area contributed by atoms with E-state index < -0.39 is 12.0 Å². The number of benzene rings is 1. The van der Waals surface area contributed by atoms with Crippen LogP contribution in [0.1, 0.15) is 33.8 Å². The van der Waals surface area contributed by atoms with Crippen LogP contribution in [0.15, 0.2) is 36.9 Å². The number of primary amides is 1. The molecule has 0 heterocycles. The van der Waals surface area contributed by atoms with Crippen molar-refractivity contribution in [1.82, 2.24) is 0 Å². The number of hydrogen-bond acceptors (Lipinski definition) is 3. The first-order valence-electron chi connectivity index (χ1n) is 8.70. The molecule has 1 aromatic rings. The monoisotopic (exact) mass is 343 g/mol. The van der Waals surface area contributed by atoms with Crippen LogP contribution in [-0.2, 0) is 6.42 Å². The SMILES string of the molecule is C=CC[N+](C)(C)[C@@H]1Cc2ccc(C(N)=O)c(O)c2C2C[C@@H](O)C=C[C@H]21. The number of aliphatic hydroxyl groups is 1. The molecule has 25 heavy (non-hydrogen) atoms. The Kier molecular flexibility index (Phi) is 4.47. The maximum absolute atomic E-state index is 11.6. The third-order valence-electron chi connectivity index (χ3n) is 5.83. The number of rotatable bonds is 4. The second-order valence-electron chi connectivity index (χ2n) is 7.79. The smallest absolute Gasteiger partial charge is 0.252 e. The number of carbonyl (C=O) groups is 1. The number of nitrogens with zero attached hydrogens (tertiary/aromatic N) is 1. The molecule has 4 atom stereocenters. The molecule has 1 aromatic carbocycles. The summed E-state index contributed by atoms with van der Waals surface area (Å²) in [5, 5.41) is 20.8. The lowest BCUT2D eigenvalue weighted by atomic mass is 9.66. The lowest BCUT2D eigenvalue weighted by Gasteiger charge is -2.48. The molecule has 1 unspecified atom stereocenters. The second kappa shape index (κ2) is 6.32. The van der Waals surface area contributed by atoms with Crippen LogP contribution in [0.5, 0.6) is 5.75 Å². The number of carbonyl (C=O) groups excluding carboxylic acids is 1. The molecule has 0 spiro atoms. The fourth-order valence-corrected chi connectivity index (χ4v) is 4.58. The fraction of sp³-hybridized carbons (Fsp3) is 0.450. The molecular weight excluding hydrogens is 316 g/mol. The molecule has 0 radical (unpaired) electrons. The Balaban J connectivity index is 2.14. The van der Waals surface area contributed by atoms with Crippen molar-refractivity contribution < 1.29 is 19.5 Å². The molecule has 1 amide bonds. The van der Waals surface area contributed by atoms with Crippen LogP contribution in [0.3, 0.4) is 0 Å². The Hall–Kier alpha value is -2.11. The molecule has 0 saturated heterocycles. The van der Waals surface area contributed by atoms with Gasteiger partial charge in [-0.25, -0.2) is 0 Å². The van der Waals surface area contributed by atoms with Crippen molar-refractivity contribution in [2.24, 2.45) is 11.7 Å². The van der Waals surface area contributed by atoms with Crippen molar-refractivity contribution in [2.45, 2.75) is 30.9 Å². The standard InChI is InChI=1S/C20H26N2O3/c1-4-9-22(2,3)17-10-12-5-7-15(20(21)25)19(24)18(12)16-11-13(23)6-8-14(16)17/h4-8,13-14,16-17,23H,1,9-11H2,2-3H3,(H2-,21,24,25)/p+1/t13-,14+,16?,17+/m0/s1. The second-order valence-corrected chi connectivity index (χ2v) is 7.79. The van der Waals surface area contributed by atoms with Gasteiger partial charge >= 0.3 is 0 Å². The van der Waals surface area contributed by atoms with Crippen molar-refractivity contribution >= 4 is 5.91 Å². The van der Waals surface area contributed by atoms with Gasteiger partial charge in [0.25, 0.3) is 5.91 Å². The van der Waals surface area contributed by atoms with E-state index in [1.54, 1.807) is 6.07 Å². The number of amides is 1. The minimum absolute atomic E-state index is 0.0185.